The Morgan fingerprint density at radius 2 is 1.62 bits per heavy atom. The van der Waals surface area contributed by atoms with Crippen LogP contribution in [0.5, 0.6) is 0 Å². The van der Waals surface area contributed by atoms with Gasteiger partial charge in [0.05, 0.1) is 16.9 Å². The van der Waals surface area contributed by atoms with Gasteiger partial charge in [-0.2, -0.15) is 18.3 Å². The van der Waals surface area contributed by atoms with Crippen molar-refractivity contribution in [3.05, 3.63) is 76.4 Å². The van der Waals surface area contributed by atoms with Crippen molar-refractivity contribution < 1.29 is 22.8 Å². The van der Waals surface area contributed by atoms with Gasteiger partial charge in [-0.1, -0.05) is 46.2 Å². The number of alkyl halides is 3. The summed E-state index contributed by atoms with van der Waals surface area (Å²) in [6.07, 6.45) is -4.50. The molecule has 0 aliphatic rings. The highest BCUT2D eigenvalue weighted by atomic mass is 35.5. The van der Waals surface area contributed by atoms with E-state index in [1.165, 1.54) is 4.90 Å². The van der Waals surface area contributed by atoms with E-state index in [1.807, 2.05) is 34.6 Å². The summed E-state index contributed by atoms with van der Waals surface area (Å²) in [7, 11) is 0. The molecule has 37 heavy (non-hydrogen) atoms. The lowest BCUT2D eigenvalue weighted by Gasteiger charge is -2.24. The maximum Gasteiger partial charge on any atom is 0.416 e. The molecule has 198 valence electrons. The molecule has 1 aromatic heterocycles. The van der Waals surface area contributed by atoms with Crippen molar-refractivity contribution in [2.45, 2.75) is 46.2 Å². The van der Waals surface area contributed by atoms with Gasteiger partial charge in [-0.15, -0.1) is 0 Å². The highest BCUT2D eigenvalue weighted by Gasteiger charge is 2.31. The Labute approximate surface area is 219 Å². The molecular formula is C27H30ClF3N4O2. The van der Waals surface area contributed by atoms with Gasteiger partial charge in [0.1, 0.15) is 12.4 Å². The fourth-order valence-electron chi connectivity index (χ4n) is 3.62. The number of hydrogen-bond acceptors (Lipinski definition) is 3. The summed E-state index contributed by atoms with van der Waals surface area (Å²) < 4.78 is 40.4. The molecule has 10 heteroatoms. The summed E-state index contributed by atoms with van der Waals surface area (Å²) >= 11 is 6.02. The molecule has 0 bridgehead atoms. The average molecular weight is 535 g/mol. The molecular weight excluding hydrogens is 505 g/mol. The number of nitrogens with one attached hydrogen (secondary N) is 1. The quantitative estimate of drug-likeness (QED) is 0.372. The van der Waals surface area contributed by atoms with Crippen LogP contribution in [0.15, 0.2) is 54.6 Å². The molecule has 0 aliphatic heterocycles. The van der Waals surface area contributed by atoms with E-state index in [4.69, 9.17) is 11.6 Å². The maximum atomic E-state index is 13.1. The van der Waals surface area contributed by atoms with E-state index >= 15 is 0 Å². The molecule has 0 spiro atoms. The highest BCUT2D eigenvalue weighted by molar-refractivity contribution is 6.30. The summed E-state index contributed by atoms with van der Waals surface area (Å²) in [5, 5.41) is 8.06. The van der Waals surface area contributed by atoms with Crippen LogP contribution in [-0.2, 0) is 16.4 Å². The number of carbonyl (C=O) groups is 2. The minimum atomic E-state index is -4.50. The van der Waals surface area contributed by atoms with Crippen LogP contribution in [0.25, 0.3) is 5.69 Å². The number of aromatic nitrogens is 2. The molecule has 0 unspecified atom stereocenters. The zero-order chi connectivity index (χ0) is 27.5. The minimum absolute atomic E-state index is 0.0262. The Hall–Kier alpha value is -3.33. The highest BCUT2D eigenvalue weighted by Crippen LogP contribution is 2.30. The average Bonchev–Trinajstić information content (AvgIpc) is 3.22. The molecule has 0 radical (unpaired) electrons. The standard InChI is InChI=1S/C27H30ClF3N4O2/c1-17(2)15-34(25(37)18-6-8-19(9-7-18)27(29,30)31)16-24(36)32-23-14-22(26(3,4)5)33-35(23)21-12-10-20(28)11-13-21/h6-14,17H,15-16H2,1-5H3,(H,32,36). The number of amides is 2. The zero-order valence-electron chi connectivity index (χ0n) is 21.4. The smallest absolute Gasteiger partial charge is 0.329 e. The van der Waals surface area contributed by atoms with E-state index in [0.29, 0.717) is 16.5 Å². The van der Waals surface area contributed by atoms with Crippen LogP contribution in [0, 0.1) is 5.92 Å². The van der Waals surface area contributed by atoms with E-state index in [0.717, 1.165) is 30.0 Å². The molecule has 0 atom stereocenters. The molecule has 3 aromatic rings. The molecule has 2 aromatic carbocycles. The van der Waals surface area contributed by atoms with Crippen molar-refractivity contribution in [1.82, 2.24) is 14.7 Å². The minimum Gasteiger partial charge on any atom is -0.329 e. The second-order valence-corrected chi connectivity index (χ2v) is 10.7. The number of hydrogen-bond donors (Lipinski definition) is 1. The molecule has 0 fully saturated rings. The fourth-order valence-corrected chi connectivity index (χ4v) is 3.74. The number of anilines is 1. The number of halogens is 4. The van der Waals surface area contributed by atoms with Gasteiger partial charge < -0.3 is 10.2 Å². The van der Waals surface area contributed by atoms with Gasteiger partial charge in [0.25, 0.3) is 5.91 Å². The lowest BCUT2D eigenvalue weighted by molar-refractivity contribution is -0.137. The van der Waals surface area contributed by atoms with Crippen LogP contribution in [0.3, 0.4) is 0 Å². The molecule has 1 heterocycles. The Morgan fingerprint density at radius 1 is 1.03 bits per heavy atom. The maximum absolute atomic E-state index is 13.1. The molecule has 0 saturated heterocycles. The lowest BCUT2D eigenvalue weighted by atomic mass is 9.92. The number of benzene rings is 2. The van der Waals surface area contributed by atoms with Gasteiger partial charge in [-0.25, -0.2) is 4.68 Å². The van der Waals surface area contributed by atoms with Crippen molar-refractivity contribution in [3.63, 3.8) is 0 Å². The normalized spacial score (nSPS) is 12.1. The second-order valence-electron chi connectivity index (χ2n) is 10.3. The van der Waals surface area contributed by atoms with E-state index in [2.05, 4.69) is 10.4 Å². The third-order valence-electron chi connectivity index (χ3n) is 5.48. The SMILES string of the molecule is CC(C)CN(CC(=O)Nc1cc(C(C)(C)C)nn1-c1ccc(Cl)cc1)C(=O)c1ccc(C(F)(F)F)cc1. The zero-order valence-corrected chi connectivity index (χ0v) is 22.1. The number of rotatable bonds is 7. The first kappa shape index (κ1) is 28.2. The van der Waals surface area contributed by atoms with E-state index in [9.17, 15) is 22.8 Å². The molecule has 0 saturated carbocycles. The lowest BCUT2D eigenvalue weighted by Crippen LogP contribution is -2.40. The summed E-state index contributed by atoms with van der Waals surface area (Å²) in [6.45, 7) is 9.73. The summed E-state index contributed by atoms with van der Waals surface area (Å²) in [5.41, 5.74) is 0.372. The van der Waals surface area contributed by atoms with Gasteiger partial charge in [-0.05, 0) is 54.4 Å². The molecule has 3 rings (SSSR count). The van der Waals surface area contributed by atoms with Crippen LogP contribution in [0.1, 0.15) is 56.2 Å². The van der Waals surface area contributed by atoms with Gasteiger partial charge in [0, 0.05) is 28.6 Å². The first-order valence-corrected chi connectivity index (χ1v) is 12.2. The third kappa shape index (κ3) is 7.35. The molecule has 0 aliphatic carbocycles. The van der Waals surface area contributed by atoms with Crippen LogP contribution < -0.4 is 5.32 Å². The predicted octanol–water partition coefficient (Wildman–Crippen LogP) is 6.58. The van der Waals surface area contributed by atoms with Crippen LogP contribution in [0.2, 0.25) is 5.02 Å². The van der Waals surface area contributed by atoms with Gasteiger partial charge in [-0.3, -0.25) is 9.59 Å². The first-order valence-electron chi connectivity index (χ1n) is 11.8. The van der Waals surface area contributed by atoms with Gasteiger partial charge in [0.2, 0.25) is 5.91 Å². The van der Waals surface area contributed by atoms with Crippen molar-refractivity contribution >= 4 is 29.2 Å². The fraction of sp³-hybridized carbons (Fsp3) is 0.370. The topological polar surface area (TPSA) is 67.2 Å². The van der Waals surface area contributed by atoms with Gasteiger partial charge >= 0.3 is 6.18 Å². The Bertz CT molecular complexity index is 1240. The molecule has 2 amide bonds. The Morgan fingerprint density at radius 3 is 2.14 bits per heavy atom. The van der Waals surface area contributed by atoms with E-state index in [1.54, 1.807) is 35.0 Å². The van der Waals surface area contributed by atoms with Crippen LogP contribution >= 0.6 is 11.6 Å². The van der Waals surface area contributed by atoms with Crippen molar-refractivity contribution in [2.75, 3.05) is 18.4 Å². The van der Waals surface area contributed by atoms with Crippen molar-refractivity contribution in [3.8, 4) is 5.69 Å². The molecule has 6 nitrogen and oxygen atoms in total. The van der Waals surface area contributed by atoms with Crippen molar-refractivity contribution in [1.29, 1.82) is 0 Å². The van der Waals surface area contributed by atoms with Crippen LogP contribution in [-0.4, -0.2) is 39.6 Å². The summed E-state index contributed by atoms with van der Waals surface area (Å²) in [5.74, 6) is -0.544. The number of nitrogens with zero attached hydrogens (tertiary/aromatic N) is 3. The molecule has 1 N–H and O–H groups in total. The number of carbonyl (C=O) groups excluding carboxylic acids is 2. The Balaban J connectivity index is 1.85. The predicted molar refractivity (Wildman–Crippen MR) is 138 cm³/mol. The van der Waals surface area contributed by atoms with Crippen LogP contribution in [0.4, 0.5) is 19.0 Å². The van der Waals surface area contributed by atoms with Crippen molar-refractivity contribution in [2.24, 2.45) is 5.92 Å². The summed E-state index contributed by atoms with van der Waals surface area (Å²) in [6, 6.07) is 12.7. The third-order valence-corrected chi connectivity index (χ3v) is 5.73. The first-order chi connectivity index (χ1) is 17.1. The van der Waals surface area contributed by atoms with E-state index < -0.39 is 23.6 Å². The van der Waals surface area contributed by atoms with Gasteiger partial charge in [0.15, 0.2) is 0 Å². The van der Waals surface area contributed by atoms with E-state index in [-0.39, 0.29) is 30.0 Å². The second kappa shape index (κ2) is 11.0. The Kier molecular flexibility index (Phi) is 8.37. The largest absolute Gasteiger partial charge is 0.416 e. The monoisotopic (exact) mass is 534 g/mol. The summed E-state index contributed by atoms with van der Waals surface area (Å²) in [4.78, 5) is 27.6.